The van der Waals surface area contributed by atoms with Crippen LogP contribution < -0.4 is 5.73 Å². The fraction of sp³-hybridized carbons (Fsp3) is 0.786. The van der Waals surface area contributed by atoms with Crippen molar-refractivity contribution in [2.45, 2.75) is 63.7 Å². The Balaban J connectivity index is 1.87. The van der Waals surface area contributed by atoms with Gasteiger partial charge in [-0.15, -0.1) is 0 Å². The van der Waals surface area contributed by atoms with Gasteiger partial charge >= 0.3 is 0 Å². The molecule has 100 valence electrons. The molecule has 2 fully saturated rings. The van der Waals surface area contributed by atoms with Crippen molar-refractivity contribution in [3.63, 3.8) is 0 Å². The largest absolute Gasteiger partial charge is 0.326 e. The molecule has 18 heavy (non-hydrogen) atoms. The minimum Gasteiger partial charge on any atom is -0.326 e. The normalized spacial score (nSPS) is 29.7. The third kappa shape index (κ3) is 2.19. The Hall–Kier alpha value is -0.870. The quantitative estimate of drug-likeness (QED) is 0.885. The van der Waals surface area contributed by atoms with Gasteiger partial charge in [-0.05, 0) is 44.7 Å². The van der Waals surface area contributed by atoms with Gasteiger partial charge in [-0.3, -0.25) is 9.58 Å². The molecule has 2 atom stereocenters. The summed E-state index contributed by atoms with van der Waals surface area (Å²) >= 11 is 0. The topological polar surface area (TPSA) is 47.1 Å². The minimum absolute atomic E-state index is 0.270. The molecule has 3 rings (SSSR count). The Morgan fingerprint density at radius 2 is 2.22 bits per heavy atom. The molecular formula is C14H24N4. The Bertz CT molecular complexity index is 396. The van der Waals surface area contributed by atoms with Crippen LogP contribution in [-0.4, -0.2) is 33.3 Å². The van der Waals surface area contributed by atoms with Gasteiger partial charge in [0, 0.05) is 24.8 Å². The Labute approximate surface area is 109 Å². The maximum Gasteiger partial charge on any atom is 0.0672 e. The molecule has 1 saturated heterocycles. The highest BCUT2D eigenvalue weighted by molar-refractivity contribution is 5.13. The first kappa shape index (κ1) is 12.2. The lowest BCUT2D eigenvalue weighted by Gasteiger charge is -2.40. The van der Waals surface area contributed by atoms with E-state index in [9.17, 15) is 0 Å². The van der Waals surface area contributed by atoms with Crippen molar-refractivity contribution in [3.8, 4) is 0 Å². The predicted molar refractivity (Wildman–Crippen MR) is 72.2 cm³/mol. The monoisotopic (exact) mass is 248 g/mol. The first-order valence-corrected chi connectivity index (χ1v) is 7.34. The molecule has 0 amide bonds. The van der Waals surface area contributed by atoms with Gasteiger partial charge in [0.1, 0.15) is 0 Å². The summed E-state index contributed by atoms with van der Waals surface area (Å²) in [6.45, 7) is 4.41. The Kier molecular flexibility index (Phi) is 3.39. The van der Waals surface area contributed by atoms with Gasteiger partial charge < -0.3 is 5.73 Å². The molecule has 1 aromatic heterocycles. The highest BCUT2D eigenvalue weighted by Crippen LogP contribution is 2.39. The van der Waals surface area contributed by atoms with E-state index in [-0.39, 0.29) is 6.04 Å². The molecule has 4 heteroatoms. The van der Waals surface area contributed by atoms with Gasteiger partial charge in [0.25, 0.3) is 0 Å². The number of piperidine rings is 1. The maximum absolute atomic E-state index is 6.41. The summed E-state index contributed by atoms with van der Waals surface area (Å²) in [5.41, 5.74) is 7.74. The Morgan fingerprint density at radius 1 is 1.39 bits per heavy atom. The second-order valence-corrected chi connectivity index (χ2v) is 5.70. The lowest BCUT2D eigenvalue weighted by atomic mass is 9.94. The summed E-state index contributed by atoms with van der Waals surface area (Å²) in [6, 6.07) is 3.61. The molecule has 1 aliphatic carbocycles. The predicted octanol–water partition coefficient (Wildman–Crippen LogP) is 1.92. The number of rotatable bonds is 4. The molecule has 1 saturated carbocycles. The van der Waals surface area contributed by atoms with Crippen LogP contribution in [0.5, 0.6) is 0 Å². The number of likely N-dealkylation sites (tertiary alicyclic amines) is 1. The number of hydrogen-bond acceptors (Lipinski definition) is 3. The summed E-state index contributed by atoms with van der Waals surface area (Å²) in [7, 11) is 0. The highest BCUT2D eigenvalue weighted by atomic mass is 15.3. The number of nitrogens with two attached hydrogens (primary N) is 1. The van der Waals surface area contributed by atoms with Crippen molar-refractivity contribution in [3.05, 3.63) is 18.0 Å². The summed E-state index contributed by atoms with van der Waals surface area (Å²) in [5.74, 6) is 0. The molecule has 2 aliphatic rings. The molecule has 2 unspecified atom stereocenters. The van der Waals surface area contributed by atoms with Crippen LogP contribution in [0.15, 0.2) is 12.3 Å². The molecule has 0 bridgehead atoms. The average molecular weight is 248 g/mol. The zero-order chi connectivity index (χ0) is 12.5. The van der Waals surface area contributed by atoms with E-state index in [0.717, 1.165) is 25.4 Å². The van der Waals surface area contributed by atoms with Crippen LogP contribution in [0.4, 0.5) is 0 Å². The summed E-state index contributed by atoms with van der Waals surface area (Å²) in [5, 5.41) is 4.46. The van der Waals surface area contributed by atoms with Crippen molar-refractivity contribution in [2.24, 2.45) is 5.73 Å². The average Bonchev–Trinajstić information content (AvgIpc) is 3.11. The van der Waals surface area contributed by atoms with E-state index in [1.807, 2.05) is 6.20 Å². The van der Waals surface area contributed by atoms with E-state index in [1.165, 1.54) is 31.5 Å². The number of nitrogens with zero attached hydrogens (tertiary/aromatic N) is 3. The second kappa shape index (κ2) is 5.02. The Morgan fingerprint density at radius 3 is 2.94 bits per heavy atom. The fourth-order valence-electron chi connectivity index (χ4n) is 3.25. The zero-order valence-corrected chi connectivity index (χ0v) is 11.3. The van der Waals surface area contributed by atoms with E-state index < -0.39 is 0 Å². The summed E-state index contributed by atoms with van der Waals surface area (Å²) in [4.78, 5) is 2.64. The molecular weight excluding hydrogens is 224 g/mol. The first-order chi connectivity index (χ1) is 8.81. The lowest BCUT2D eigenvalue weighted by Crippen LogP contribution is -2.47. The van der Waals surface area contributed by atoms with Crippen molar-refractivity contribution in [1.29, 1.82) is 0 Å². The van der Waals surface area contributed by atoms with Crippen LogP contribution in [0.1, 0.15) is 50.8 Å². The third-order valence-electron chi connectivity index (χ3n) is 4.22. The van der Waals surface area contributed by atoms with Crippen LogP contribution in [0.25, 0.3) is 0 Å². The van der Waals surface area contributed by atoms with E-state index in [0.29, 0.717) is 6.04 Å². The van der Waals surface area contributed by atoms with Gasteiger partial charge in [0.05, 0.1) is 11.7 Å². The van der Waals surface area contributed by atoms with Crippen LogP contribution in [0.2, 0.25) is 0 Å². The molecule has 1 aromatic rings. The zero-order valence-electron chi connectivity index (χ0n) is 11.3. The standard InChI is InChI=1S/C14H24N4/c1-2-9-18-13(7-8-16-18)14-12(15)4-3-10-17(14)11-5-6-11/h7-8,11-12,14H,2-6,9-10,15H2,1H3. The number of aromatic nitrogens is 2. The van der Waals surface area contributed by atoms with Gasteiger partial charge in [0.2, 0.25) is 0 Å². The molecule has 2 N–H and O–H groups in total. The van der Waals surface area contributed by atoms with E-state index >= 15 is 0 Å². The van der Waals surface area contributed by atoms with Crippen molar-refractivity contribution < 1.29 is 0 Å². The van der Waals surface area contributed by atoms with E-state index in [2.05, 4.69) is 27.7 Å². The first-order valence-electron chi connectivity index (χ1n) is 7.34. The second-order valence-electron chi connectivity index (χ2n) is 5.70. The van der Waals surface area contributed by atoms with Gasteiger partial charge in [0.15, 0.2) is 0 Å². The van der Waals surface area contributed by atoms with Crippen LogP contribution >= 0.6 is 0 Å². The smallest absolute Gasteiger partial charge is 0.0672 e. The lowest BCUT2D eigenvalue weighted by molar-refractivity contribution is 0.112. The molecule has 0 aromatic carbocycles. The number of hydrogen-bond donors (Lipinski definition) is 1. The van der Waals surface area contributed by atoms with Crippen molar-refractivity contribution in [1.82, 2.24) is 14.7 Å². The van der Waals surface area contributed by atoms with Crippen LogP contribution in [0, 0.1) is 0 Å². The maximum atomic E-state index is 6.41. The minimum atomic E-state index is 0.270. The molecule has 0 radical (unpaired) electrons. The highest BCUT2D eigenvalue weighted by Gasteiger charge is 2.40. The number of aryl methyl sites for hydroxylation is 1. The molecule has 2 heterocycles. The van der Waals surface area contributed by atoms with Gasteiger partial charge in [-0.25, -0.2) is 0 Å². The third-order valence-corrected chi connectivity index (χ3v) is 4.22. The van der Waals surface area contributed by atoms with Crippen LogP contribution in [0.3, 0.4) is 0 Å². The summed E-state index contributed by atoms with van der Waals surface area (Å²) in [6.07, 6.45) is 8.15. The van der Waals surface area contributed by atoms with Crippen LogP contribution in [-0.2, 0) is 6.54 Å². The van der Waals surface area contributed by atoms with Crippen molar-refractivity contribution >= 4 is 0 Å². The van der Waals surface area contributed by atoms with E-state index in [4.69, 9.17) is 5.73 Å². The van der Waals surface area contributed by atoms with Crippen molar-refractivity contribution in [2.75, 3.05) is 6.54 Å². The molecule has 0 spiro atoms. The molecule has 4 nitrogen and oxygen atoms in total. The van der Waals surface area contributed by atoms with Gasteiger partial charge in [-0.2, -0.15) is 5.10 Å². The molecule has 1 aliphatic heterocycles. The SMILES string of the molecule is CCCn1nccc1C1C(N)CCCN1C1CC1. The van der Waals surface area contributed by atoms with Gasteiger partial charge in [-0.1, -0.05) is 6.92 Å². The fourth-order valence-corrected chi connectivity index (χ4v) is 3.25. The summed E-state index contributed by atoms with van der Waals surface area (Å²) < 4.78 is 2.16. The van der Waals surface area contributed by atoms with E-state index in [1.54, 1.807) is 0 Å².